The average Bonchev–Trinajstić information content (AvgIpc) is 2.47. The van der Waals surface area contributed by atoms with Gasteiger partial charge in [0.2, 0.25) is 0 Å². The highest BCUT2D eigenvalue weighted by molar-refractivity contribution is 5.46. The summed E-state index contributed by atoms with van der Waals surface area (Å²) >= 11 is 0. The van der Waals surface area contributed by atoms with E-state index in [1.54, 1.807) is 12.7 Å². The third kappa shape index (κ3) is 1.53. The maximum atomic E-state index is 5.46. The van der Waals surface area contributed by atoms with Gasteiger partial charge in [0.05, 0.1) is 7.11 Å². The molecule has 1 aromatic carbocycles. The molecule has 1 fully saturated rings. The second kappa shape index (κ2) is 4.11. The van der Waals surface area contributed by atoms with Crippen LogP contribution in [0.15, 0.2) is 30.4 Å². The molecule has 0 aromatic heterocycles. The largest absolute Gasteiger partial charge is 0.497 e. The lowest BCUT2D eigenvalue weighted by atomic mass is 9.54. The molecule has 0 radical (unpaired) electrons. The summed E-state index contributed by atoms with van der Waals surface area (Å²) in [6, 6.07) is 7.34. The summed E-state index contributed by atoms with van der Waals surface area (Å²) in [5.74, 6) is 1.69. The lowest BCUT2D eigenvalue weighted by Gasteiger charge is -2.54. The number of allylic oxidation sites excluding steroid dienone is 1. The highest BCUT2D eigenvalue weighted by atomic mass is 16.5. The molecular weight excluding hydrogens is 234 g/mol. The number of benzene rings is 1. The first kappa shape index (κ1) is 11.5. The van der Waals surface area contributed by atoms with Crippen molar-refractivity contribution in [1.29, 1.82) is 0 Å². The fraction of sp³-hybridized carbons (Fsp3) is 0.529. The number of hydrogen-bond donors (Lipinski definition) is 1. The summed E-state index contributed by atoms with van der Waals surface area (Å²) in [6.07, 6.45) is 9.80. The van der Waals surface area contributed by atoms with Crippen LogP contribution in [0.3, 0.4) is 0 Å². The van der Waals surface area contributed by atoms with Gasteiger partial charge in [0.15, 0.2) is 0 Å². The minimum atomic E-state index is 0.368. The normalized spacial score (nSPS) is 35.4. The zero-order valence-electron chi connectivity index (χ0n) is 11.5. The van der Waals surface area contributed by atoms with Crippen LogP contribution in [0.2, 0.25) is 0 Å². The summed E-state index contributed by atoms with van der Waals surface area (Å²) in [4.78, 5) is 0. The van der Waals surface area contributed by atoms with E-state index in [2.05, 4.69) is 35.7 Å². The van der Waals surface area contributed by atoms with Crippen LogP contribution in [-0.2, 0) is 11.8 Å². The van der Waals surface area contributed by atoms with E-state index in [9.17, 15) is 0 Å². The summed E-state index contributed by atoms with van der Waals surface area (Å²) in [5, 5.41) is 3.73. The number of rotatable bonds is 1. The monoisotopic (exact) mass is 255 g/mol. The molecule has 3 atom stereocenters. The van der Waals surface area contributed by atoms with Crippen LogP contribution in [0, 0.1) is 5.92 Å². The van der Waals surface area contributed by atoms with Crippen LogP contribution in [0.4, 0.5) is 0 Å². The molecule has 1 N–H and O–H groups in total. The van der Waals surface area contributed by atoms with Gasteiger partial charge in [-0.1, -0.05) is 18.2 Å². The van der Waals surface area contributed by atoms with Crippen LogP contribution in [-0.4, -0.2) is 19.7 Å². The lowest BCUT2D eigenvalue weighted by Crippen LogP contribution is -2.58. The van der Waals surface area contributed by atoms with Gasteiger partial charge in [-0.15, -0.1) is 0 Å². The molecule has 0 spiro atoms. The topological polar surface area (TPSA) is 21.3 Å². The van der Waals surface area contributed by atoms with E-state index < -0.39 is 0 Å². The Bertz CT molecular complexity index is 536. The molecule has 1 saturated heterocycles. The van der Waals surface area contributed by atoms with Gasteiger partial charge in [-0.3, -0.25) is 0 Å². The lowest BCUT2D eigenvalue weighted by molar-refractivity contribution is 0.146. The quantitative estimate of drug-likeness (QED) is 0.779. The predicted octanol–water partition coefficient (Wildman–Crippen LogP) is 2.82. The molecule has 2 nitrogen and oxygen atoms in total. The molecule has 1 heterocycles. The standard InChI is InChI=1S/C17H21NO/c1-19-13-6-5-12-10-16-14-4-2-3-7-17(14,8-9-18-16)15(12)11-13/h2,4-6,11,14,16,18H,3,7-10H2,1H3/t14-,16-,17-/m0/s1. The second-order valence-corrected chi connectivity index (χ2v) is 6.19. The first-order valence-corrected chi connectivity index (χ1v) is 7.41. The number of ether oxygens (including phenoxy) is 1. The number of piperidine rings is 1. The van der Waals surface area contributed by atoms with E-state index in [1.165, 1.54) is 24.8 Å². The van der Waals surface area contributed by atoms with E-state index >= 15 is 0 Å². The van der Waals surface area contributed by atoms with Crippen molar-refractivity contribution < 1.29 is 4.74 Å². The Morgan fingerprint density at radius 2 is 2.26 bits per heavy atom. The molecule has 19 heavy (non-hydrogen) atoms. The highest BCUT2D eigenvalue weighted by Crippen LogP contribution is 2.52. The van der Waals surface area contributed by atoms with Crippen molar-refractivity contribution in [3.05, 3.63) is 41.5 Å². The van der Waals surface area contributed by atoms with Crippen molar-refractivity contribution in [2.45, 2.75) is 37.1 Å². The van der Waals surface area contributed by atoms with E-state index in [4.69, 9.17) is 4.74 Å². The van der Waals surface area contributed by atoms with Crippen LogP contribution < -0.4 is 10.1 Å². The molecule has 0 saturated carbocycles. The smallest absolute Gasteiger partial charge is 0.119 e. The van der Waals surface area contributed by atoms with Gasteiger partial charge in [0.1, 0.15) is 5.75 Å². The molecule has 2 aliphatic carbocycles. The summed E-state index contributed by atoms with van der Waals surface area (Å²) in [6.45, 7) is 1.16. The Labute approximate surface area is 114 Å². The molecule has 0 unspecified atom stereocenters. The maximum absolute atomic E-state index is 5.46. The Morgan fingerprint density at radius 1 is 1.32 bits per heavy atom. The van der Waals surface area contributed by atoms with Gasteiger partial charge in [0.25, 0.3) is 0 Å². The van der Waals surface area contributed by atoms with Gasteiger partial charge in [-0.2, -0.15) is 0 Å². The van der Waals surface area contributed by atoms with Crippen molar-refractivity contribution in [1.82, 2.24) is 5.32 Å². The molecule has 2 bridgehead atoms. The molecule has 100 valence electrons. The molecule has 1 aliphatic heterocycles. The Morgan fingerprint density at radius 3 is 3.16 bits per heavy atom. The number of methoxy groups -OCH3 is 1. The zero-order valence-corrected chi connectivity index (χ0v) is 11.5. The van der Waals surface area contributed by atoms with Crippen LogP contribution >= 0.6 is 0 Å². The van der Waals surface area contributed by atoms with Crippen molar-refractivity contribution in [3.63, 3.8) is 0 Å². The number of fused-ring (bicyclic) bond motifs is 1. The van der Waals surface area contributed by atoms with E-state index in [1.807, 2.05) is 0 Å². The summed E-state index contributed by atoms with van der Waals surface area (Å²) in [7, 11) is 1.77. The fourth-order valence-corrected chi connectivity index (χ4v) is 4.56. The third-order valence-electron chi connectivity index (χ3n) is 5.44. The van der Waals surface area contributed by atoms with Crippen LogP contribution in [0.5, 0.6) is 5.75 Å². The van der Waals surface area contributed by atoms with Crippen LogP contribution in [0.1, 0.15) is 30.4 Å². The van der Waals surface area contributed by atoms with Crippen molar-refractivity contribution >= 4 is 0 Å². The summed E-state index contributed by atoms with van der Waals surface area (Å²) in [5.41, 5.74) is 3.47. The zero-order chi connectivity index (χ0) is 12.9. The molecule has 1 aromatic rings. The first-order valence-electron chi connectivity index (χ1n) is 7.41. The molecule has 0 amide bonds. The van der Waals surface area contributed by atoms with Gasteiger partial charge in [-0.25, -0.2) is 0 Å². The van der Waals surface area contributed by atoms with E-state index in [-0.39, 0.29) is 0 Å². The average molecular weight is 255 g/mol. The maximum Gasteiger partial charge on any atom is 0.119 e. The molecule has 2 heteroatoms. The summed E-state index contributed by atoms with van der Waals surface area (Å²) < 4.78 is 5.46. The predicted molar refractivity (Wildman–Crippen MR) is 76.6 cm³/mol. The Hall–Kier alpha value is -1.28. The van der Waals surface area contributed by atoms with Crippen molar-refractivity contribution in [2.75, 3.05) is 13.7 Å². The fourth-order valence-electron chi connectivity index (χ4n) is 4.56. The number of nitrogens with one attached hydrogen (secondary N) is 1. The Balaban J connectivity index is 1.91. The van der Waals surface area contributed by atoms with E-state index in [0.29, 0.717) is 17.4 Å². The number of hydrogen-bond acceptors (Lipinski definition) is 2. The van der Waals surface area contributed by atoms with Gasteiger partial charge < -0.3 is 10.1 Å². The van der Waals surface area contributed by atoms with Gasteiger partial charge in [-0.05, 0) is 55.5 Å². The van der Waals surface area contributed by atoms with Gasteiger partial charge in [0, 0.05) is 17.4 Å². The van der Waals surface area contributed by atoms with Crippen molar-refractivity contribution in [2.24, 2.45) is 5.92 Å². The van der Waals surface area contributed by atoms with Gasteiger partial charge >= 0.3 is 0 Å². The van der Waals surface area contributed by atoms with Crippen LogP contribution in [0.25, 0.3) is 0 Å². The SMILES string of the molecule is COc1ccc2c(c1)[C@]13CCC=C[C@H]1[C@H](C2)NCC3. The first-order chi connectivity index (χ1) is 9.33. The molecule has 3 aliphatic rings. The molecular formula is C17H21NO. The highest BCUT2D eigenvalue weighted by Gasteiger charge is 2.50. The van der Waals surface area contributed by atoms with E-state index in [0.717, 1.165) is 18.7 Å². The van der Waals surface area contributed by atoms with Crippen molar-refractivity contribution in [3.8, 4) is 5.75 Å². The third-order valence-corrected chi connectivity index (χ3v) is 5.44. The Kier molecular flexibility index (Phi) is 2.49. The minimum Gasteiger partial charge on any atom is -0.497 e. The molecule has 4 rings (SSSR count). The second-order valence-electron chi connectivity index (χ2n) is 6.19. The minimum absolute atomic E-state index is 0.368.